The molecular weight excluding hydrogens is 325 g/mol. The minimum atomic E-state index is -4.61. The normalized spacial score (nSPS) is 16.2. The maximum absolute atomic E-state index is 11.5. The van der Waals surface area contributed by atoms with Crippen molar-refractivity contribution in [2.24, 2.45) is 5.73 Å². The smallest absolute Gasteiger partial charge is 0.472 e. The van der Waals surface area contributed by atoms with Gasteiger partial charge in [-0.15, -0.1) is 0 Å². The van der Waals surface area contributed by atoms with Gasteiger partial charge in [-0.1, -0.05) is 0 Å². The van der Waals surface area contributed by atoms with Crippen LogP contribution in [-0.4, -0.2) is 59.9 Å². The lowest BCUT2D eigenvalue weighted by Crippen LogP contribution is -2.34. The van der Waals surface area contributed by atoms with Gasteiger partial charge in [-0.3, -0.25) is 23.4 Å². The van der Waals surface area contributed by atoms with Crippen molar-refractivity contribution in [2.75, 3.05) is 19.8 Å². The van der Waals surface area contributed by atoms with Gasteiger partial charge >= 0.3 is 25.7 Å². The summed E-state index contributed by atoms with van der Waals surface area (Å²) in [7, 11) is -4.61. The molecule has 0 heterocycles. The van der Waals surface area contributed by atoms with Crippen molar-refractivity contribution in [3.05, 3.63) is 0 Å². The van der Waals surface area contributed by atoms with E-state index in [1.807, 2.05) is 0 Å². The fraction of sp³-hybridized carbons (Fsp3) is 0.700. The van der Waals surface area contributed by atoms with Gasteiger partial charge in [0.15, 0.2) is 6.10 Å². The number of rotatable bonds is 10. The molecule has 11 nitrogen and oxygen atoms in total. The molecule has 0 bridgehead atoms. The second-order valence-corrected chi connectivity index (χ2v) is 5.49. The van der Waals surface area contributed by atoms with E-state index in [1.54, 1.807) is 0 Å². The molecular formula is C10H18NO10P. The number of aliphatic carboxylic acids is 1. The van der Waals surface area contributed by atoms with Crippen molar-refractivity contribution in [2.45, 2.75) is 26.0 Å². The Labute approximate surface area is 125 Å². The van der Waals surface area contributed by atoms with E-state index in [0.717, 1.165) is 13.8 Å². The first-order valence-corrected chi connectivity index (χ1v) is 7.44. The summed E-state index contributed by atoms with van der Waals surface area (Å²) in [5, 5.41) is 8.49. The fourth-order valence-electron chi connectivity index (χ4n) is 1.02. The molecule has 4 N–H and O–H groups in total. The number of carboxylic acid groups (broad SMARTS) is 1. The van der Waals surface area contributed by atoms with Crippen molar-refractivity contribution in [1.82, 2.24) is 0 Å². The van der Waals surface area contributed by atoms with Crippen LogP contribution in [0.15, 0.2) is 0 Å². The lowest BCUT2D eigenvalue weighted by Gasteiger charge is -2.19. The highest BCUT2D eigenvalue weighted by molar-refractivity contribution is 7.47. The van der Waals surface area contributed by atoms with Crippen LogP contribution in [0.1, 0.15) is 13.8 Å². The van der Waals surface area contributed by atoms with E-state index in [1.165, 1.54) is 0 Å². The number of carboxylic acids is 1. The standard InChI is InChI=1S/C10H18NO10P/c1-6(12)18-3-8(21-7(2)13)4-19-22(16,17)20-5-9(11)10(14)15/h8-9H,3-5,11H2,1-2H3,(H,14,15)(H,16,17)/t8?,9-/m0/s1. The monoisotopic (exact) mass is 343 g/mol. The molecule has 0 aromatic rings. The number of hydrogen-bond acceptors (Lipinski definition) is 9. The summed E-state index contributed by atoms with van der Waals surface area (Å²) in [5.41, 5.74) is 5.09. The Bertz CT molecular complexity index is 453. The van der Waals surface area contributed by atoms with Gasteiger partial charge in [0.25, 0.3) is 0 Å². The van der Waals surface area contributed by atoms with Crippen LogP contribution in [0.25, 0.3) is 0 Å². The molecule has 128 valence electrons. The Morgan fingerprint density at radius 2 is 1.64 bits per heavy atom. The third kappa shape index (κ3) is 10.2. The van der Waals surface area contributed by atoms with Gasteiger partial charge in [-0.05, 0) is 0 Å². The van der Waals surface area contributed by atoms with E-state index in [0.29, 0.717) is 0 Å². The Balaban J connectivity index is 4.41. The zero-order valence-corrected chi connectivity index (χ0v) is 12.9. The topological polar surface area (TPSA) is 172 Å². The Morgan fingerprint density at radius 3 is 2.09 bits per heavy atom. The molecule has 0 aliphatic heterocycles. The van der Waals surface area contributed by atoms with Gasteiger partial charge in [-0.2, -0.15) is 0 Å². The van der Waals surface area contributed by atoms with Crippen molar-refractivity contribution < 1.29 is 47.5 Å². The fourth-order valence-corrected chi connectivity index (χ4v) is 1.80. The molecule has 0 spiro atoms. The van der Waals surface area contributed by atoms with Crippen LogP contribution in [0, 0.1) is 0 Å². The van der Waals surface area contributed by atoms with Crippen LogP contribution in [0.4, 0.5) is 0 Å². The minimum absolute atomic E-state index is 0.385. The highest BCUT2D eigenvalue weighted by atomic mass is 31.2. The van der Waals surface area contributed by atoms with Gasteiger partial charge in [0.2, 0.25) is 0 Å². The van der Waals surface area contributed by atoms with E-state index >= 15 is 0 Å². The van der Waals surface area contributed by atoms with Crippen LogP contribution < -0.4 is 5.73 Å². The summed E-state index contributed by atoms with van der Waals surface area (Å²) in [6.45, 7) is 0.457. The molecule has 0 aliphatic carbocycles. The molecule has 0 amide bonds. The SMILES string of the molecule is CC(=O)OCC(COP(=O)(O)OC[C@H](N)C(=O)O)OC(C)=O. The highest BCUT2D eigenvalue weighted by Gasteiger charge is 2.27. The number of carbonyl (C=O) groups is 3. The number of ether oxygens (including phenoxy) is 2. The first-order chi connectivity index (χ1) is 10.0. The third-order valence-corrected chi connectivity index (χ3v) is 2.91. The maximum atomic E-state index is 11.5. The van der Waals surface area contributed by atoms with Crippen molar-refractivity contribution in [1.29, 1.82) is 0 Å². The third-order valence-electron chi connectivity index (χ3n) is 1.96. The van der Waals surface area contributed by atoms with Gasteiger partial charge in [0.05, 0.1) is 13.2 Å². The molecule has 0 saturated carbocycles. The summed E-state index contributed by atoms with van der Waals surface area (Å²) >= 11 is 0. The van der Waals surface area contributed by atoms with E-state index in [4.69, 9.17) is 15.6 Å². The van der Waals surface area contributed by atoms with Crippen molar-refractivity contribution in [3.63, 3.8) is 0 Å². The van der Waals surface area contributed by atoms with Gasteiger partial charge in [0.1, 0.15) is 12.6 Å². The number of nitrogens with two attached hydrogens (primary N) is 1. The minimum Gasteiger partial charge on any atom is -0.480 e. The molecule has 3 atom stereocenters. The number of carbonyl (C=O) groups excluding carboxylic acids is 2. The summed E-state index contributed by atoms with van der Waals surface area (Å²) in [4.78, 5) is 41.3. The molecule has 0 rings (SSSR count). The quantitative estimate of drug-likeness (QED) is 0.329. The molecule has 0 aliphatic rings. The predicted molar refractivity (Wildman–Crippen MR) is 69.5 cm³/mol. The molecule has 0 aromatic heterocycles. The van der Waals surface area contributed by atoms with Gasteiger partial charge < -0.3 is 25.2 Å². The largest absolute Gasteiger partial charge is 0.480 e. The molecule has 22 heavy (non-hydrogen) atoms. The highest BCUT2D eigenvalue weighted by Crippen LogP contribution is 2.43. The molecule has 12 heteroatoms. The Hall–Kier alpha value is -1.52. The van der Waals surface area contributed by atoms with E-state index < -0.39 is 51.1 Å². The predicted octanol–water partition coefficient (Wildman–Crippen LogP) is -0.973. The van der Waals surface area contributed by atoms with E-state index in [9.17, 15) is 23.8 Å². The summed E-state index contributed by atoms with van der Waals surface area (Å²) in [6.07, 6.45) is -1.13. The molecule has 0 saturated heterocycles. The van der Waals surface area contributed by atoms with Crippen LogP contribution in [-0.2, 0) is 37.5 Å². The van der Waals surface area contributed by atoms with Crippen LogP contribution >= 0.6 is 7.82 Å². The number of hydrogen-bond donors (Lipinski definition) is 3. The maximum Gasteiger partial charge on any atom is 0.472 e. The molecule has 2 unspecified atom stereocenters. The van der Waals surface area contributed by atoms with Crippen LogP contribution in [0.3, 0.4) is 0 Å². The van der Waals surface area contributed by atoms with E-state index in [2.05, 4.69) is 13.8 Å². The molecule has 0 radical (unpaired) electrons. The first-order valence-electron chi connectivity index (χ1n) is 5.94. The van der Waals surface area contributed by atoms with Gasteiger partial charge in [0, 0.05) is 13.8 Å². The van der Waals surface area contributed by atoms with Crippen LogP contribution in [0.2, 0.25) is 0 Å². The second kappa shape index (κ2) is 9.49. The summed E-state index contributed by atoms with van der Waals surface area (Å²) in [6, 6.07) is -1.51. The Morgan fingerprint density at radius 1 is 1.09 bits per heavy atom. The number of phosphoric ester groups is 1. The summed E-state index contributed by atoms with van der Waals surface area (Å²) < 4.78 is 29.7. The summed E-state index contributed by atoms with van der Waals surface area (Å²) in [5.74, 6) is -2.79. The lowest BCUT2D eigenvalue weighted by molar-refractivity contribution is -0.158. The zero-order valence-electron chi connectivity index (χ0n) is 12.0. The number of esters is 2. The average Bonchev–Trinajstić information content (AvgIpc) is 2.38. The average molecular weight is 343 g/mol. The zero-order chi connectivity index (χ0) is 17.3. The van der Waals surface area contributed by atoms with E-state index in [-0.39, 0.29) is 6.61 Å². The second-order valence-electron chi connectivity index (χ2n) is 4.04. The van der Waals surface area contributed by atoms with Crippen LogP contribution in [0.5, 0.6) is 0 Å². The molecule has 0 fully saturated rings. The van der Waals surface area contributed by atoms with Gasteiger partial charge in [-0.25, -0.2) is 4.57 Å². The van der Waals surface area contributed by atoms with Crippen molar-refractivity contribution in [3.8, 4) is 0 Å². The van der Waals surface area contributed by atoms with Crippen molar-refractivity contribution >= 4 is 25.7 Å². The Kier molecular flexibility index (Phi) is 8.83. The molecule has 0 aromatic carbocycles. The first kappa shape index (κ1) is 20.5. The number of phosphoric acid groups is 1. The lowest BCUT2D eigenvalue weighted by atomic mass is 10.3.